The number of nitrogens with one attached hydrogen (secondary N) is 1. The van der Waals surface area contributed by atoms with Crippen LogP contribution in [0.25, 0.3) is 0 Å². The number of nitrogens with zero attached hydrogens (tertiary/aromatic N) is 2. The number of aromatic amines is 1. The molecule has 0 saturated heterocycles. The van der Waals surface area contributed by atoms with Gasteiger partial charge in [-0.1, -0.05) is 0 Å². The third-order valence-electron chi connectivity index (χ3n) is 2.12. The molecule has 8 nitrogen and oxygen atoms in total. The molecule has 8 heteroatoms. The first-order valence-corrected chi connectivity index (χ1v) is 6.01. The Labute approximate surface area is 114 Å². The van der Waals surface area contributed by atoms with Gasteiger partial charge in [0, 0.05) is 18.6 Å². The van der Waals surface area contributed by atoms with Gasteiger partial charge in [0.05, 0.1) is 13.2 Å². The standard InChI is InChI=1S/C12H15N3O5/c1-3-19-11(17)8(12(18)20-4-2)7-15-9-10(16)14-6-5-13-9/h5-8H,3-4H2,1-2H3,(H,14,16). The molecule has 1 N–H and O–H groups in total. The van der Waals surface area contributed by atoms with Crippen molar-refractivity contribution in [2.75, 3.05) is 13.2 Å². The normalized spacial score (nSPS) is 10.8. The third kappa shape index (κ3) is 4.30. The first kappa shape index (κ1) is 15.5. The number of carbonyl (C=O) groups is 2. The summed E-state index contributed by atoms with van der Waals surface area (Å²) in [6, 6.07) is 0. The van der Waals surface area contributed by atoms with Crippen LogP contribution in [0.1, 0.15) is 13.8 Å². The zero-order chi connectivity index (χ0) is 15.0. The number of H-pyrrole nitrogens is 1. The highest BCUT2D eigenvalue weighted by molar-refractivity contribution is 6.09. The molecule has 0 radical (unpaired) electrons. The number of aromatic nitrogens is 2. The zero-order valence-corrected chi connectivity index (χ0v) is 11.2. The minimum absolute atomic E-state index is 0.118. The predicted molar refractivity (Wildman–Crippen MR) is 69.8 cm³/mol. The average Bonchev–Trinajstić information content (AvgIpc) is 2.41. The van der Waals surface area contributed by atoms with Gasteiger partial charge in [0.25, 0.3) is 5.56 Å². The lowest BCUT2D eigenvalue weighted by Gasteiger charge is -2.09. The molecule has 0 saturated carbocycles. The first-order valence-electron chi connectivity index (χ1n) is 6.01. The molecule has 0 unspecified atom stereocenters. The van der Waals surface area contributed by atoms with Crippen LogP contribution in [-0.2, 0) is 19.1 Å². The predicted octanol–water partition coefficient (Wildman–Crippen LogP) is 0.215. The Bertz CT molecular complexity index is 534. The maximum Gasteiger partial charge on any atom is 0.325 e. The van der Waals surface area contributed by atoms with E-state index < -0.39 is 23.4 Å². The van der Waals surface area contributed by atoms with Crippen molar-refractivity contribution in [2.45, 2.75) is 13.8 Å². The second-order valence-electron chi connectivity index (χ2n) is 3.50. The molecule has 108 valence electrons. The van der Waals surface area contributed by atoms with Gasteiger partial charge in [-0.05, 0) is 13.8 Å². The van der Waals surface area contributed by atoms with Crippen molar-refractivity contribution in [1.82, 2.24) is 9.97 Å². The number of esters is 2. The SMILES string of the molecule is CCOC(=O)C(C=Nc1ncc[nH]c1=O)C(=O)OCC. The number of hydrogen-bond acceptors (Lipinski definition) is 7. The van der Waals surface area contributed by atoms with Gasteiger partial charge < -0.3 is 14.5 Å². The van der Waals surface area contributed by atoms with E-state index in [0.29, 0.717) is 0 Å². The second kappa shape index (κ2) is 7.82. The molecule has 0 aromatic carbocycles. The van der Waals surface area contributed by atoms with Gasteiger partial charge in [0.1, 0.15) is 0 Å². The molecule has 1 aromatic heterocycles. The number of carbonyl (C=O) groups excluding carboxylic acids is 2. The molecular formula is C12H15N3O5. The maximum absolute atomic E-state index is 11.6. The van der Waals surface area contributed by atoms with E-state index in [1.165, 1.54) is 12.4 Å². The topological polar surface area (TPSA) is 111 Å². The van der Waals surface area contributed by atoms with E-state index in [-0.39, 0.29) is 19.0 Å². The summed E-state index contributed by atoms with van der Waals surface area (Å²) < 4.78 is 9.51. The van der Waals surface area contributed by atoms with Crippen molar-refractivity contribution in [3.63, 3.8) is 0 Å². The zero-order valence-electron chi connectivity index (χ0n) is 11.2. The molecule has 0 fully saturated rings. The number of ether oxygens (including phenoxy) is 2. The Hall–Kier alpha value is -2.51. The van der Waals surface area contributed by atoms with Crippen LogP contribution in [0, 0.1) is 5.92 Å². The molecular weight excluding hydrogens is 266 g/mol. The lowest BCUT2D eigenvalue weighted by atomic mass is 10.2. The highest BCUT2D eigenvalue weighted by Crippen LogP contribution is 2.04. The van der Waals surface area contributed by atoms with Gasteiger partial charge in [-0.15, -0.1) is 0 Å². The minimum atomic E-state index is -1.32. The Balaban J connectivity index is 2.94. The van der Waals surface area contributed by atoms with E-state index in [9.17, 15) is 14.4 Å². The maximum atomic E-state index is 11.6. The summed E-state index contributed by atoms with van der Waals surface area (Å²) in [6.45, 7) is 3.46. The van der Waals surface area contributed by atoms with Crippen LogP contribution in [0.15, 0.2) is 22.2 Å². The largest absolute Gasteiger partial charge is 0.465 e. The Morgan fingerprint density at radius 2 is 1.95 bits per heavy atom. The van der Waals surface area contributed by atoms with Crippen molar-refractivity contribution in [1.29, 1.82) is 0 Å². The molecule has 1 aromatic rings. The summed E-state index contributed by atoms with van der Waals surface area (Å²) in [5.74, 6) is -3.06. The van der Waals surface area contributed by atoms with Crippen molar-refractivity contribution >= 4 is 24.0 Å². The van der Waals surface area contributed by atoms with Gasteiger partial charge in [-0.3, -0.25) is 14.4 Å². The van der Waals surface area contributed by atoms with Crippen molar-refractivity contribution in [3.05, 3.63) is 22.7 Å². The van der Waals surface area contributed by atoms with Crippen molar-refractivity contribution in [2.24, 2.45) is 10.9 Å². The smallest absolute Gasteiger partial charge is 0.325 e. The first-order chi connectivity index (χ1) is 9.60. The lowest BCUT2D eigenvalue weighted by molar-refractivity contribution is -0.157. The minimum Gasteiger partial charge on any atom is -0.465 e. The molecule has 0 spiro atoms. The summed E-state index contributed by atoms with van der Waals surface area (Å²) >= 11 is 0. The summed E-state index contributed by atoms with van der Waals surface area (Å²) in [4.78, 5) is 44.5. The molecule has 0 aliphatic heterocycles. The van der Waals surface area contributed by atoms with Gasteiger partial charge in [0.2, 0.25) is 5.82 Å². The van der Waals surface area contributed by atoms with Crippen LogP contribution >= 0.6 is 0 Å². The van der Waals surface area contributed by atoms with Crippen LogP contribution in [0.4, 0.5) is 5.82 Å². The average molecular weight is 281 g/mol. The van der Waals surface area contributed by atoms with Crippen LogP contribution in [0.5, 0.6) is 0 Å². The molecule has 0 aliphatic rings. The third-order valence-corrected chi connectivity index (χ3v) is 2.12. The fraction of sp³-hybridized carbons (Fsp3) is 0.417. The van der Waals surface area contributed by atoms with Crippen LogP contribution in [-0.4, -0.2) is 41.3 Å². The highest BCUT2D eigenvalue weighted by atomic mass is 16.6. The monoisotopic (exact) mass is 281 g/mol. The quantitative estimate of drug-likeness (QED) is 0.453. The molecule has 0 aliphatic carbocycles. The highest BCUT2D eigenvalue weighted by Gasteiger charge is 2.27. The van der Waals surface area contributed by atoms with Gasteiger partial charge in [-0.2, -0.15) is 0 Å². The summed E-state index contributed by atoms with van der Waals surface area (Å²) in [5.41, 5.74) is -0.532. The van der Waals surface area contributed by atoms with E-state index in [1.807, 2.05) is 0 Å². The van der Waals surface area contributed by atoms with E-state index >= 15 is 0 Å². The van der Waals surface area contributed by atoms with Crippen molar-refractivity contribution < 1.29 is 19.1 Å². The Morgan fingerprint density at radius 1 is 1.35 bits per heavy atom. The van der Waals surface area contributed by atoms with E-state index in [2.05, 4.69) is 15.0 Å². The Kier molecular flexibility index (Phi) is 6.08. The summed E-state index contributed by atoms with van der Waals surface area (Å²) in [7, 11) is 0. The molecule has 1 rings (SSSR count). The molecule has 20 heavy (non-hydrogen) atoms. The van der Waals surface area contributed by atoms with Crippen LogP contribution in [0.2, 0.25) is 0 Å². The second-order valence-corrected chi connectivity index (χ2v) is 3.50. The fourth-order valence-corrected chi connectivity index (χ4v) is 1.26. The van der Waals surface area contributed by atoms with E-state index in [0.717, 1.165) is 6.21 Å². The number of rotatable bonds is 6. The molecule has 0 amide bonds. The van der Waals surface area contributed by atoms with Crippen LogP contribution in [0.3, 0.4) is 0 Å². The molecule has 0 atom stereocenters. The van der Waals surface area contributed by atoms with Crippen molar-refractivity contribution in [3.8, 4) is 0 Å². The fourth-order valence-electron chi connectivity index (χ4n) is 1.26. The summed E-state index contributed by atoms with van der Waals surface area (Å²) in [6.07, 6.45) is 3.67. The number of hydrogen-bond donors (Lipinski definition) is 1. The Morgan fingerprint density at radius 3 is 2.45 bits per heavy atom. The van der Waals surface area contributed by atoms with E-state index in [1.54, 1.807) is 13.8 Å². The van der Waals surface area contributed by atoms with Gasteiger partial charge in [0.15, 0.2) is 5.92 Å². The van der Waals surface area contributed by atoms with Crippen LogP contribution < -0.4 is 5.56 Å². The lowest BCUT2D eigenvalue weighted by Crippen LogP contribution is -2.29. The number of aliphatic imine (C=N–C) groups is 1. The molecule has 0 bridgehead atoms. The molecule has 1 heterocycles. The van der Waals surface area contributed by atoms with Gasteiger partial charge in [-0.25, -0.2) is 9.98 Å². The van der Waals surface area contributed by atoms with E-state index in [4.69, 9.17) is 9.47 Å². The van der Waals surface area contributed by atoms with Gasteiger partial charge >= 0.3 is 11.9 Å². The summed E-state index contributed by atoms with van der Waals surface area (Å²) in [5, 5.41) is 0.